The summed E-state index contributed by atoms with van der Waals surface area (Å²) in [5.41, 5.74) is -1.59. The molecule has 1 rings (SSSR count). The molecule has 1 aromatic rings. The van der Waals surface area contributed by atoms with Gasteiger partial charge in [-0.05, 0) is 12.1 Å². The van der Waals surface area contributed by atoms with E-state index in [1.807, 2.05) is 0 Å². The van der Waals surface area contributed by atoms with Gasteiger partial charge in [0.05, 0.1) is 6.42 Å². The number of aliphatic carboxylic acids is 1. The first kappa shape index (κ1) is 11.1. The van der Waals surface area contributed by atoms with Crippen LogP contribution in [0.2, 0.25) is 0 Å². The van der Waals surface area contributed by atoms with Crippen molar-refractivity contribution in [1.82, 2.24) is 0 Å². The van der Waals surface area contributed by atoms with Gasteiger partial charge in [0.25, 0.3) is 0 Å². The zero-order valence-corrected chi connectivity index (χ0v) is 7.33. The molecular weight excluding hydrogens is 210 g/mol. The maximum absolute atomic E-state index is 13.1. The van der Waals surface area contributed by atoms with Crippen molar-refractivity contribution in [2.45, 2.75) is 6.42 Å². The predicted octanol–water partition coefficient (Wildman–Crippen LogP) is 1.29. The van der Waals surface area contributed by atoms with Crippen molar-refractivity contribution in [1.29, 1.82) is 0 Å². The lowest BCUT2D eigenvalue weighted by Crippen LogP contribution is -2.12. The Labute approximate surface area is 82.8 Å². The average molecular weight is 216 g/mol. The van der Waals surface area contributed by atoms with Crippen molar-refractivity contribution >= 4 is 11.9 Å². The highest BCUT2D eigenvalue weighted by Gasteiger charge is 2.21. The lowest BCUT2D eigenvalue weighted by Gasteiger charge is -2.05. The smallest absolute Gasteiger partial charge is 0.339 e. The summed E-state index contributed by atoms with van der Waals surface area (Å²) in [6.07, 6.45) is -0.870. The van der Waals surface area contributed by atoms with Crippen LogP contribution in [0.25, 0.3) is 0 Å². The van der Waals surface area contributed by atoms with Crippen LogP contribution in [0.1, 0.15) is 15.9 Å². The van der Waals surface area contributed by atoms with Crippen molar-refractivity contribution < 1.29 is 28.6 Å². The van der Waals surface area contributed by atoms with E-state index < -0.39 is 41.1 Å². The van der Waals surface area contributed by atoms with Gasteiger partial charge in [-0.15, -0.1) is 0 Å². The Bertz CT molecular complexity index is 428. The van der Waals surface area contributed by atoms with Gasteiger partial charge in [-0.25, -0.2) is 13.6 Å². The highest BCUT2D eigenvalue weighted by atomic mass is 19.1. The van der Waals surface area contributed by atoms with Crippen LogP contribution < -0.4 is 0 Å². The van der Waals surface area contributed by atoms with Crippen molar-refractivity contribution in [2.75, 3.05) is 0 Å². The van der Waals surface area contributed by atoms with Crippen molar-refractivity contribution in [3.8, 4) is 0 Å². The lowest BCUT2D eigenvalue weighted by atomic mass is 10.0. The largest absolute Gasteiger partial charge is 0.481 e. The highest BCUT2D eigenvalue weighted by molar-refractivity contribution is 5.91. The lowest BCUT2D eigenvalue weighted by molar-refractivity contribution is -0.136. The molecule has 4 nitrogen and oxygen atoms in total. The fourth-order valence-electron chi connectivity index (χ4n) is 1.15. The molecule has 0 spiro atoms. The molecule has 1 aromatic carbocycles. The highest BCUT2D eigenvalue weighted by Crippen LogP contribution is 2.18. The van der Waals surface area contributed by atoms with E-state index in [0.717, 1.165) is 0 Å². The second-order valence-corrected chi connectivity index (χ2v) is 2.76. The Hall–Kier alpha value is -1.98. The Morgan fingerprint density at radius 1 is 1.13 bits per heavy atom. The summed E-state index contributed by atoms with van der Waals surface area (Å²) < 4.78 is 26.0. The Morgan fingerprint density at radius 3 is 2.13 bits per heavy atom. The topological polar surface area (TPSA) is 74.6 Å². The number of carboxylic acids is 2. The molecule has 0 saturated carbocycles. The van der Waals surface area contributed by atoms with Gasteiger partial charge < -0.3 is 10.2 Å². The van der Waals surface area contributed by atoms with Gasteiger partial charge in [0.2, 0.25) is 0 Å². The molecule has 0 fully saturated rings. The van der Waals surface area contributed by atoms with Crippen LogP contribution in [0.15, 0.2) is 12.1 Å². The maximum Gasteiger partial charge on any atom is 0.339 e. The molecule has 0 aliphatic heterocycles. The molecule has 0 heterocycles. The molecule has 0 amide bonds. The van der Waals surface area contributed by atoms with Crippen LogP contribution in [0.5, 0.6) is 0 Å². The van der Waals surface area contributed by atoms with Crippen LogP contribution in [-0.4, -0.2) is 22.2 Å². The maximum atomic E-state index is 13.1. The van der Waals surface area contributed by atoms with Gasteiger partial charge in [-0.1, -0.05) is 0 Å². The molecule has 2 N–H and O–H groups in total. The molecule has 15 heavy (non-hydrogen) atoms. The minimum atomic E-state index is -1.69. The second-order valence-electron chi connectivity index (χ2n) is 2.76. The number of carboxylic acid groups (broad SMARTS) is 2. The number of benzene rings is 1. The normalized spacial score (nSPS) is 10.0. The van der Waals surface area contributed by atoms with E-state index in [1.165, 1.54) is 0 Å². The summed E-state index contributed by atoms with van der Waals surface area (Å²) in [5.74, 6) is -5.32. The van der Waals surface area contributed by atoms with Crippen molar-refractivity contribution in [3.05, 3.63) is 34.9 Å². The van der Waals surface area contributed by atoms with Gasteiger partial charge in [0.15, 0.2) is 0 Å². The van der Waals surface area contributed by atoms with E-state index in [1.54, 1.807) is 0 Å². The SMILES string of the molecule is O=C(O)Cc1c(F)ccc(F)c1C(=O)O. The number of halogens is 2. The van der Waals surface area contributed by atoms with Gasteiger partial charge in [-0.3, -0.25) is 4.79 Å². The predicted molar refractivity (Wildman–Crippen MR) is 44.7 cm³/mol. The first-order valence-electron chi connectivity index (χ1n) is 3.85. The molecule has 0 aromatic heterocycles. The van der Waals surface area contributed by atoms with E-state index in [4.69, 9.17) is 10.2 Å². The zero-order valence-electron chi connectivity index (χ0n) is 7.33. The number of carbonyl (C=O) groups is 2. The minimum Gasteiger partial charge on any atom is -0.481 e. The summed E-state index contributed by atoms with van der Waals surface area (Å²) in [5, 5.41) is 17.0. The number of hydrogen-bond donors (Lipinski definition) is 2. The van der Waals surface area contributed by atoms with Gasteiger partial charge in [0.1, 0.15) is 17.2 Å². The first-order chi connectivity index (χ1) is 6.93. The fraction of sp³-hybridized carbons (Fsp3) is 0.111. The monoisotopic (exact) mass is 216 g/mol. The van der Waals surface area contributed by atoms with E-state index in [2.05, 4.69) is 0 Å². The van der Waals surface area contributed by atoms with Gasteiger partial charge in [-0.2, -0.15) is 0 Å². The van der Waals surface area contributed by atoms with Crippen molar-refractivity contribution in [2.24, 2.45) is 0 Å². The fourth-order valence-corrected chi connectivity index (χ4v) is 1.15. The molecule has 0 aliphatic rings. The molecule has 0 unspecified atom stereocenters. The molecule has 0 bridgehead atoms. The summed E-state index contributed by atoms with van der Waals surface area (Å²) in [4.78, 5) is 20.9. The third kappa shape index (κ3) is 2.28. The van der Waals surface area contributed by atoms with E-state index in [0.29, 0.717) is 12.1 Å². The molecular formula is C9H6F2O4. The molecule has 0 saturated heterocycles. The summed E-state index contributed by atoms with van der Waals surface area (Å²) >= 11 is 0. The number of aromatic carboxylic acids is 1. The Balaban J connectivity index is 3.38. The van der Waals surface area contributed by atoms with E-state index >= 15 is 0 Å². The minimum absolute atomic E-state index is 0.643. The summed E-state index contributed by atoms with van der Waals surface area (Å²) in [6.45, 7) is 0. The zero-order chi connectivity index (χ0) is 11.6. The van der Waals surface area contributed by atoms with Crippen LogP contribution >= 0.6 is 0 Å². The first-order valence-corrected chi connectivity index (χ1v) is 3.85. The third-order valence-electron chi connectivity index (χ3n) is 1.75. The Kier molecular flexibility index (Phi) is 2.99. The quantitative estimate of drug-likeness (QED) is 0.798. The van der Waals surface area contributed by atoms with Gasteiger partial charge in [0, 0.05) is 5.56 Å². The summed E-state index contributed by atoms with van der Waals surface area (Å²) in [6, 6.07) is 1.34. The van der Waals surface area contributed by atoms with E-state index in [-0.39, 0.29) is 0 Å². The van der Waals surface area contributed by atoms with Gasteiger partial charge >= 0.3 is 11.9 Å². The number of hydrogen-bond acceptors (Lipinski definition) is 2. The average Bonchev–Trinajstić information content (AvgIpc) is 2.10. The van der Waals surface area contributed by atoms with Crippen LogP contribution in [0.4, 0.5) is 8.78 Å². The molecule has 6 heteroatoms. The van der Waals surface area contributed by atoms with Crippen LogP contribution in [0.3, 0.4) is 0 Å². The molecule has 0 radical (unpaired) electrons. The van der Waals surface area contributed by atoms with Crippen LogP contribution in [-0.2, 0) is 11.2 Å². The van der Waals surface area contributed by atoms with E-state index in [9.17, 15) is 18.4 Å². The Morgan fingerprint density at radius 2 is 1.67 bits per heavy atom. The molecule has 80 valence electrons. The third-order valence-corrected chi connectivity index (χ3v) is 1.75. The molecule has 0 aliphatic carbocycles. The van der Waals surface area contributed by atoms with Crippen LogP contribution in [0, 0.1) is 11.6 Å². The molecule has 0 atom stereocenters. The standard InChI is InChI=1S/C9H6F2O4/c10-5-1-2-6(11)8(9(14)15)4(5)3-7(12)13/h1-2H,3H2,(H,12,13)(H,14,15). The summed E-state index contributed by atoms with van der Waals surface area (Å²) in [7, 11) is 0. The number of rotatable bonds is 3. The van der Waals surface area contributed by atoms with Crippen molar-refractivity contribution in [3.63, 3.8) is 0 Å². The second kappa shape index (κ2) is 4.04.